The number of benzene rings is 2. The molecule has 7 nitrogen and oxygen atoms in total. The molecule has 1 N–H and O–H groups in total. The third-order valence-electron chi connectivity index (χ3n) is 5.08. The van der Waals surface area contributed by atoms with Crippen LogP contribution in [0, 0.1) is 5.82 Å². The normalized spacial score (nSPS) is 14.3. The van der Waals surface area contributed by atoms with Crippen molar-refractivity contribution in [1.82, 2.24) is 15.1 Å². The first kappa shape index (κ1) is 22.0. The van der Waals surface area contributed by atoms with Crippen molar-refractivity contribution in [2.24, 2.45) is 0 Å². The topological polar surface area (TPSA) is 74.5 Å². The van der Waals surface area contributed by atoms with Crippen LogP contribution in [0.3, 0.4) is 0 Å². The lowest BCUT2D eigenvalue weighted by atomic mass is 10.2. The number of aromatic nitrogens is 2. The highest BCUT2D eigenvalue weighted by Gasteiger charge is 2.19. The number of nitrogens with zero attached hydrogens (tertiary/aromatic N) is 4. The van der Waals surface area contributed by atoms with E-state index in [1.165, 1.54) is 12.1 Å². The summed E-state index contributed by atoms with van der Waals surface area (Å²) in [4.78, 5) is 17.2. The van der Waals surface area contributed by atoms with Crippen molar-refractivity contribution in [3.05, 3.63) is 67.0 Å². The molecule has 2 heterocycles. The summed E-state index contributed by atoms with van der Waals surface area (Å²) in [5.41, 5.74) is 2.28. The van der Waals surface area contributed by atoms with E-state index in [1.54, 1.807) is 12.1 Å². The minimum Gasteiger partial charge on any atom is -0.411 e. The molecule has 0 aliphatic carbocycles. The molecule has 1 aromatic heterocycles. The highest BCUT2D eigenvalue weighted by Crippen LogP contribution is 2.28. The van der Waals surface area contributed by atoms with E-state index in [9.17, 15) is 9.18 Å². The molecule has 1 fully saturated rings. The summed E-state index contributed by atoms with van der Waals surface area (Å²) in [5, 5.41) is 11.1. The maximum Gasteiger partial charge on any atom is 0.277 e. The number of amides is 1. The molecule has 0 bridgehead atoms. The van der Waals surface area contributed by atoms with E-state index in [1.807, 2.05) is 30.3 Å². The van der Waals surface area contributed by atoms with Gasteiger partial charge in [0.15, 0.2) is 0 Å². The Labute approximate surface area is 190 Å². The molecule has 9 heteroatoms. The van der Waals surface area contributed by atoms with Gasteiger partial charge in [0.25, 0.3) is 5.22 Å². The van der Waals surface area contributed by atoms with Crippen LogP contribution in [0.15, 0.2) is 70.8 Å². The molecule has 1 aliphatic heterocycles. The second kappa shape index (κ2) is 10.4. The molecular weight excluding hydrogens is 429 g/mol. The minimum atomic E-state index is -0.380. The number of hydrogen-bond donors (Lipinski definition) is 1. The molecule has 0 saturated carbocycles. The molecule has 0 spiro atoms. The number of piperazine rings is 1. The van der Waals surface area contributed by atoms with Gasteiger partial charge in [-0.1, -0.05) is 36.0 Å². The average molecular weight is 454 g/mol. The molecule has 0 radical (unpaired) electrons. The van der Waals surface area contributed by atoms with E-state index in [0.717, 1.165) is 55.9 Å². The van der Waals surface area contributed by atoms with Crippen LogP contribution >= 0.6 is 11.8 Å². The molecule has 2 aromatic carbocycles. The summed E-state index contributed by atoms with van der Waals surface area (Å²) < 4.78 is 18.9. The van der Waals surface area contributed by atoms with Crippen molar-refractivity contribution < 1.29 is 13.6 Å². The van der Waals surface area contributed by atoms with E-state index in [2.05, 4.69) is 31.9 Å². The Bertz CT molecular complexity index is 1080. The van der Waals surface area contributed by atoms with Gasteiger partial charge in [-0.25, -0.2) is 4.39 Å². The molecule has 166 valence electrons. The number of thioether (sulfide) groups is 1. The van der Waals surface area contributed by atoms with Crippen molar-refractivity contribution >= 4 is 29.0 Å². The first-order valence-electron chi connectivity index (χ1n) is 10.3. The average Bonchev–Trinajstić information content (AvgIpc) is 3.28. The van der Waals surface area contributed by atoms with Crippen LogP contribution in [0.25, 0.3) is 11.5 Å². The number of carbonyl (C=O) groups excluding carboxylic acids is 1. The molecule has 1 saturated heterocycles. The summed E-state index contributed by atoms with van der Waals surface area (Å²) in [5.74, 6) is -0.214. The maximum absolute atomic E-state index is 13.4. The highest BCUT2D eigenvalue weighted by molar-refractivity contribution is 7.99. The summed E-state index contributed by atoms with van der Waals surface area (Å²) in [7, 11) is 0. The summed E-state index contributed by atoms with van der Waals surface area (Å²) >= 11 is 1.14. The largest absolute Gasteiger partial charge is 0.411 e. The summed E-state index contributed by atoms with van der Waals surface area (Å²) in [6.45, 7) is 8.38. The van der Waals surface area contributed by atoms with Crippen LogP contribution in [0.1, 0.15) is 0 Å². The van der Waals surface area contributed by atoms with E-state index < -0.39 is 0 Å². The fraction of sp³-hybridized carbons (Fsp3) is 0.261. The second-order valence-electron chi connectivity index (χ2n) is 7.31. The van der Waals surface area contributed by atoms with Crippen LogP contribution in [0.4, 0.5) is 15.8 Å². The molecular formula is C23H24FN5O2S. The Morgan fingerprint density at radius 2 is 1.97 bits per heavy atom. The van der Waals surface area contributed by atoms with Gasteiger partial charge >= 0.3 is 0 Å². The van der Waals surface area contributed by atoms with Crippen LogP contribution in [-0.4, -0.2) is 59.5 Å². The van der Waals surface area contributed by atoms with E-state index in [0.29, 0.717) is 5.56 Å². The van der Waals surface area contributed by atoms with Gasteiger partial charge in [-0.15, -0.1) is 16.8 Å². The van der Waals surface area contributed by atoms with E-state index in [4.69, 9.17) is 4.42 Å². The van der Waals surface area contributed by atoms with Crippen LogP contribution in [0.5, 0.6) is 0 Å². The Morgan fingerprint density at radius 1 is 1.16 bits per heavy atom. The van der Waals surface area contributed by atoms with Gasteiger partial charge in [-0.2, -0.15) is 0 Å². The van der Waals surface area contributed by atoms with Crippen LogP contribution in [-0.2, 0) is 4.79 Å². The number of nitrogens with one attached hydrogen (secondary N) is 1. The predicted molar refractivity (Wildman–Crippen MR) is 124 cm³/mol. The Hall–Kier alpha value is -3.17. The van der Waals surface area contributed by atoms with Gasteiger partial charge in [0.1, 0.15) is 5.82 Å². The number of rotatable bonds is 8. The standard InChI is InChI=1S/C23H24FN5O2S/c1-2-10-28-11-13-29(14-12-28)20-9-4-3-8-19(20)25-21(30)16-32-23-27-26-22(31-23)17-6-5-7-18(24)15-17/h2-9,15H,1,10-14,16H2,(H,25,30). The number of halogens is 1. The SMILES string of the molecule is C=CCN1CCN(c2ccccc2NC(=O)CSc2nnc(-c3cccc(F)c3)o2)CC1. The second-order valence-corrected chi connectivity index (χ2v) is 8.24. The van der Waals surface area contributed by atoms with Crippen molar-refractivity contribution in [3.63, 3.8) is 0 Å². The molecule has 0 unspecified atom stereocenters. The fourth-order valence-corrected chi connectivity index (χ4v) is 4.09. The van der Waals surface area contributed by atoms with Gasteiger partial charge in [0.05, 0.1) is 17.1 Å². The third-order valence-corrected chi connectivity index (χ3v) is 5.90. The number of para-hydroxylation sites is 2. The molecule has 32 heavy (non-hydrogen) atoms. The minimum absolute atomic E-state index is 0.117. The fourth-order valence-electron chi connectivity index (χ4n) is 3.53. The maximum atomic E-state index is 13.4. The van der Waals surface area contributed by atoms with E-state index >= 15 is 0 Å². The molecule has 4 rings (SSSR count). The predicted octanol–water partition coefficient (Wildman–Crippen LogP) is 3.91. The molecule has 0 atom stereocenters. The number of carbonyl (C=O) groups is 1. The zero-order chi connectivity index (χ0) is 22.3. The van der Waals surface area contributed by atoms with Crippen molar-refractivity contribution in [1.29, 1.82) is 0 Å². The van der Waals surface area contributed by atoms with Gasteiger partial charge in [0, 0.05) is 38.3 Å². The zero-order valence-electron chi connectivity index (χ0n) is 17.5. The lowest BCUT2D eigenvalue weighted by Crippen LogP contribution is -2.46. The third kappa shape index (κ3) is 5.54. The van der Waals surface area contributed by atoms with Gasteiger partial charge in [-0.3, -0.25) is 9.69 Å². The van der Waals surface area contributed by atoms with Crippen molar-refractivity contribution in [2.45, 2.75) is 5.22 Å². The first-order valence-corrected chi connectivity index (χ1v) is 11.3. The number of anilines is 2. The van der Waals surface area contributed by atoms with Crippen LogP contribution < -0.4 is 10.2 Å². The molecule has 1 amide bonds. The lowest BCUT2D eigenvalue weighted by Gasteiger charge is -2.36. The lowest BCUT2D eigenvalue weighted by molar-refractivity contribution is -0.113. The van der Waals surface area contributed by atoms with Gasteiger partial charge < -0.3 is 14.6 Å². The summed E-state index contributed by atoms with van der Waals surface area (Å²) in [6.07, 6.45) is 1.92. The zero-order valence-corrected chi connectivity index (χ0v) is 18.4. The monoisotopic (exact) mass is 453 g/mol. The van der Waals surface area contributed by atoms with Gasteiger partial charge in [-0.05, 0) is 30.3 Å². The van der Waals surface area contributed by atoms with Gasteiger partial charge in [0.2, 0.25) is 11.8 Å². The Balaban J connectivity index is 1.34. The molecule has 3 aromatic rings. The summed E-state index contributed by atoms with van der Waals surface area (Å²) in [6, 6.07) is 13.7. The Morgan fingerprint density at radius 3 is 2.75 bits per heavy atom. The first-order chi connectivity index (χ1) is 15.6. The highest BCUT2D eigenvalue weighted by atomic mass is 32.2. The number of hydrogen-bond acceptors (Lipinski definition) is 7. The van der Waals surface area contributed by atoms with Crippen LogP contribution in [0.2, 0.25) is 0 Å². The Kier molecular flexibility index (Phi) is 7.18. The molecule has 1 aliphatic rings. The van der Waals surface area contributed by atoms with E-state index in [-0.39, 0.29) is 28.6 Å². The van der Waals surface area contributed by atoms with Crippen molar-refractivity contribution in [2.75, 3.05) is 48.7 Å². The van der Waals surface area contributed by atoms with Crippen molar-refractivity contribution in [3.8, 4) is 11.5 Å². The smallest absolute Gasteiger partial charge is 0.277 e. The quantitative estimate of drug-likeness (QED) is 0.409.